The van der Waals surface area contributed by atoms with Crippen molar-refractivity contribution in [1.82, 2.24) is 5.32 Å². The van der Waals surface area contributed by atoms with Gasteiger partial charge in [0.15, 0.2) is 0 Å². The summed E-state index contributed by atoms with van der Waals surface area (Å²) in [5, 5.41) is 4.18. The maximum atomic E-state index is 14.5. The summed E-state index contributed by atoms with van der Waals surface area (Å²) in [6, 6.07) is 3.41. The Kier molecular flexibility index (Phi) is 4.92. The molecule has 116 valence electrons. The van der Waals surface area contributed by atoms with E-state index in [9.17, 15) is 4.39 Å². The molecule has 0 heterocycles. The van der Waals surface area contributed by atoms with Gasteiger partial charge < -0.3 is 5.32 Å². The second-order valence-corrected chi connectivity index (χ2v) is 7.82. The summed E-state index contributed by atoms with van der Waals surface area (Å²) < 4.78 is 15.1. The number of nitrogens with one attached hydrogen (secondary N) is 1. The van der Waals surface area contributed by atoms with E-state index in [2.05, 4.69) is 28.2 Å². The van der Waals surface area contributed by atoms with Gasteiger partial charge in [0.2, 0.25) is 0 Å². The molecule has 0 aliphatic heterocycles. The predicted octanol–water partition coefficient (Wildman–Crippen LogP) is 5.72. The minimum Gasteiger partial charge on any atom is -0.310 e. The van der Waals surface area contributed by atoms with E-state index in [4.69, 9.17) is 11.6 Å². The first-order valence-corrected chi connectivity index (χ1v) is 9.15. The second kappa shape index (κ2) is 6.55. The van der Waals surface area contributed by atoms with Crippen molar-refractivity contribution in [3.8, 4) is 0 Å². The van der Waals surface area contributed by atoms with Crippen LogP contribution in [0.3, 0.4) is 0 Å². The standard InChI is InChI=1S/C17H22BrClFN/c1-2-5-21-17(12-7-10-3-4-11(12)6-10)13-8-15(19)14(18)9-16(13)20/h8-12,17,21H,2-7H2,1H3. The van der Waals surface area contributed by atoms with Crippen LogP contribution >= 0.6 is 27.5 Å². The normalized spacial score (nSPS) is 29.0. The van der Waals surface area contributed by atoms with Crippen molar-refractivity contribution in [1.29, 1.82) is 0 Å². The molecule has 2 bridgehead atoms. The van der Waals surface area contributed by atoms with Crippen molar-refractivity contribution < 1.29 is 4.39 Å². The van der Waals surface area contributed by atoms with Crippen molar-refractivity contribution in [3.05, 3.63) is 33.0 Å². The molecule has 1 aromatic rings. The molecule has 2 aliphatic rings. The molecule has 0 aromatic heterocycles. The number of rotatable bonds is 5. The highest BCUT2D eigenvalue weighted by Gasteiger charge is 2.43. The largest absolute Gasteiger partial charge is 0.310 e. The first-order chi connectivity index (χ1) is 10.1. The highest BCUT2D eigenvalue weighted by molar-refractivity contribution is 9.10. The monoisotopic (exact) mass is 373 g/mol. The molecule has 0 amide bonds. The lowest BCUT2D eigenvalue weighted by Gasteiger charge is -2.32. The van der Waals surface area contributed by atoms with Gasteiger partial charge >= 0.3 is 0 Å². The van der Waals surface area contributed by atoms with Crippen molar-refractivity contribution in [3.63, 3.8) is 0 Å². The van der Waals surface area contributed by atoms with Gasteiger partial charge in [-0.1, -0.05) is 24.9 Å². The van der Waals surface area contributed by atoms with Gasteiger partial charge in [-0.05, 0) is 78.0 Å². The summed E-state index contributed by atoms with van der Waals surface area (Å²) in [6.45, 7) is 3.07. The fraction of sp³-hybridized carbons (Fsp3) is 0.647. The first-order valence-electron chi connectivity index (χ1n) is 7.98. The molecule has 2 saturated carbocycles. The van der Waals surface area contributed by atoms with Gasteiger partial charge in [-0.2, -0.15) is 0 Å². The fourth-order valence-corrected chi connectivity index (χ4v) is 4.76. The lowest BCUT2D eigenvalue weighted by molar-refractivity contribution is 0.246. The molecule has 1 aromatic carbocycles. The van der Waals surface area contributed by atoms with Crippen LogP contribution in [0.25, 0.3) is 0 Å². The minimum absolute atomic E-state index is 0.103. The quantitative estimate of drug-likeness (QED) is 0.650. The molecule has 2 fully saturated rings. The molecule has 1 N–H and O–H groups in total. The van der Waals surface area contributed by atoms with Crippen LogP contribution in [0.4, 0.5) is 4.39 Å². The topological polar surface area (TPSA) is 12.0 Å². The smallest absolute Gasteiger partial charge is 0.129 e. The Hall–Kier alpha value is -0.120. The lowest BCUT2D eigenvalue weighted by atomic mass is 9.80. The van der Waals surface area contributed by atoms with Crippen LogP contribution in [0.15, 0.2) is 16.6 Å². The average molecular weight is 375 g/mol. The highest BCUT2D eigenvalue weighted by atomic mass is 79.9. The van der Waals surface area contributed by atoms with Crippen molar-refractivity contribution in [2.45, 2.75) is 45.1 Å². The van der Waals surface area contributed by atoms with Crippen LogP contribution in [0.5, 0.6) is 0 Å². The molecular weight excluding hydrogens is 353 g/mol. The molecule has 4 unspecified atom stereocenters. The van der Waals surface area contributed by atoms with Crippen LogP contribution < -0.4 is 5.32 Å². The molecule has 0 radical (unpaired) electrons. The predicted molar refractivity (Wildman–Crippen MR) is 89.1 cm³/mol. The molecule has 0 spiro atoms. The van der Waals surface area contributed by atoms with Crippen LogP contribution in [0.2, 0.25) is 5.02 Å². The molecule has 2 aliphatic carbocycles. The Morgan fingerprint density at radius 3 is 2.81 bits per heavy atom. The van der Waals surface area contributed by atoms with Gasteiger partial charge in [0.05, 0.1) is 5.02 Å². The maximum absolute atomic E-state index is 14.5. The Balaban J connectivity index is 1.90. The van der Waals surface area contributed by atoms with Crippen LogP contribution in [0.1, 0.15) is 50.6 Å². The zero-order valence-electron chi connectivity index (χ0n) is 12.3. The maximum Gasteiger partial charge on any atom is 0.129 e. The average Bonchev–Trinajstić information content (AvgIpc) is 3.07. The van der Waals surface area contributed by atoms with E-state index in [0.29, 0.717) is 15.4 Å². The number of hydrogen-bond donors (Lipinski definition) is 1. The lowest BCUT2D eigenvalue weighted by Crippen LogP contribution is -2.32. The summed E-state index contributed by atoms with van der Waals surface area (Å²) in [6.07, 6.45) is 6.31. The summed E-state index contributed by atoms with van der Waals surface area (Å²) in [5.41, 5.74) is 0.745. The summed E-state index contributed by atoms with van der Waals surface area (Å²) >= 11 is 9.51. The van der Waals surface area contributed by atoms with E-state index in [1.54, 1.807) is 6.07 Å². The Morgan fingerprint density at radius 1 is 1.38 bits per heavy atom. The molecule has 21 heavy (non-hydrogen) atoms. The van der Waals surface area contributed by atoms with Crippen molar-refractivity contribution in [2.75, 3.05) is 6.54 Å². The summed E-state index contributed by atoms with van der Waals surface area (Å²) in [5.74, 6) is 2.02. The number of benzene rings is 1. The van der Waals surface area contributed by atoms with E-state index in [0.717, 1.165) is 30.4 Å². The fourth-order valence-electron chi connectivity index (χ4n) is 4.27. The van der Waals surface area contributed by atoms with Gasteiger partial charge in [0.25, 0.3) is 0 Å². The van der Waals surface area contributed by atoms with Gasteiger partial charge in [-0.25, -0.2) is 4.39 Å². The molecule has 4 heteroatoms. The van der Waals surface area contributed by atoms with E-state index in [-0.39, 0.29) is 11.9 Å². The van der Waals surface area contributed by atoms with Gasteiger partial charge in [0.1, 0.15) is 5.82 Å². The zero-order chi connectivity index (χ0) is 15.0. The van der Waals surface area contributed by atoms with Crippen molar-refractivity contribution in [2.24, 2.45) is 17.8 Å². The van der Waals surface area contributed by atoms with E-state index < -0.39 is 0 Å². The Bertz CT molecular complexity index is 522. The van der Waals surface area contributed by atoms with Crippen LogP contribution in [-0.2, 0) is 0 Å². The minimum atomic E-state index is -0.150. The van der Waals surface area contributed by atoms with E-state index in [1.807, 2.05) is 0 Å². The Morgan fingerprint density at radius 2 is 2.19 bits per heavy atom. The van der Waals surface area contributed by atoms with Crippen LogP contribution in [0, 0.1) is 23.6 Å². The number of fused-ring (bicyclic) bond motifs is 2. The second-order valence-electron chi connectivity index (χ2n) is 6.56. The first kappa shape index (κ1) is 15.8. The van der Waals surface area contributed by atoms with Crippen LogP contribution in [-0.4, -0.2) is 6.54 Å². The van der Waals surface area contributed by atoms with Gasteiger partial charge in [-0.15, -0.1) is 0 Å². The van der Waals surface area contributed by atoms with Crippen molar-refractivity contribution >= 4 is 27.5 Å². The van der Waals surface area contributed by atoms with Gasteiger partial charge in [-0.3, -0.25) is 0 Å². The number of hydrogen-bond acceptors (Lipinski definition) is 1. The highest BCUT2D eigenvalue weighted by Crippen LogP contribution is 2.53. The van der Waals surface area contributed by atoms with E-state index in [1.165, 1.54) is 31.7 Å². The third-order valence-corrected chi connectivity index (χ3v) is 6.41. The Labute approximate surface area is 139 Å². The summed E-state index contributed by atoms with van der Waals surface area (Å²) in [4.78, 5) is 0. The van der Waals surface area contributed by atoms with E-state index >= 15 is 0 Å². The molecule has 3 rings (SSSR count). The summed E-state index contributed by atoms with van der Waals surface area (Å²) in [7, 11) is 0. The third-order valence-electron chi connectivity index (χ3n) is 5.21. The zero-order valence-corrected chi connectivity index (χ0v) is 14.7. The molecular formula is C17H22BrClFN. The number of halogens is 3. The molecule has 0 saturated heterocycles. The SMILES string of the molecule is CCCNC(c1cc(Cl)c(Br)cc1F)C1CC2CCC1C2. The molecule has 1 nitrogen and oxygen atoms in total. The van der Waals surface area contributed by atoms with Gasteiger partial charge in [0, 0.05) is 16.1 Å². The molecule has 4 atom stereocenters. The third kappa shape index (κ3) is 3.16.